The monoisotopic (exact) mass is 289 g/mol. The second-order valence-electron chi connectivity index (χ2n) is 4.89. The Labute approximate surface area is 123 Å². The van der Waals surface area contributed by atoms with Gasteiger partial charge in [0, 0.05) is 31.0 Å². The zero-order valence-electron chi connectivity index (χ0n) is 12.4. The van der Waals surface area contributed by atoms with Crippen LogP contribution in [0.25, 0.3) is 0 Å². The van der Waals surface area contributed by atoms with Crippen molar-refractivity contribution in [1.29, 1.82) is 0 Å². The van der Waals surface area contributed by atoms with Gasteiger partial charge in [0.2, 0.25) is 0 Å². The van der Waals surface area contributed by atoms with Crippen molar-refractivity contribution in [2.24, 2.45) is 0 Å². The fourth-order valence-electron chi connectivity index (χ4n) is 2.17. The minimum Gasteiger partial charge on any atom is -0.490 e. The molecule has 112 valence electrons. The van der Waals surface area contributed by atoms with Crippen LogP contribution in [0.3, 0.4) is 0 Å². The smallest absolute Gasteiger partial charge is 0.311 e. The number of nitro groups is 1. The number of methoxy groups -OCH3 is 1. The summed E-state index contributed by atoms with van der Waals surface area (Å²) in [4.78, 5) is 10.6. The van der Waals surface area contributed by atoms with Gasteiger partial charge in [0.25, 0.3) is 0 Å². The predicted molar refractivity (Wildman–Crippen MR) is 80.7 cm³/mol. The van der Waals surface area contributed by atoms with Gasteiger partial charge in [-0.25, -0.2) is 0 Å². The minimum atomic E-state index is -0.424. The van der Waals surface area contributed by atoms with Crippen LogP contribution in [0.4, 0.5) is 5.69 Å². The molecule has 1 N–H and O–H groups in total. The number of nitrogens with one attached hydrogen (secondary N) is 1. The molecule has 1 aromatic heterocycles. The van der Waals surface area contributed by atoms with Crippen LogP contribution in [0.15, 0.2) is 36.7 Å². The van der Waals surface area contributed by atoms with Crippen molar-refractivity contribution in [3.05, 3.63) is 57.9 Å². The Kier molecular flexibility index (Phi) is 4.59. The van der Waals surface area contributed by atoms with E-state index in [2.05, 4.69) is 12.2 Å². The Balaban J connectivity index is 2.21. The van der Waals surface area contributed by atoms with E-state index in [1.54, 1.807) is 12.1 Å². The van der Waals surface area contributed by atoms with Gasteiger partial charge in [-0.05, 0) is 37.2 Å². The number of ether oxygens (including phenoxy) is 1. The van der Waals surface area contributed by atoms with E-state index in [1.807, 2.05) is 36.1 Å². The van der Waals surface area contributed by atoms with Crippen molar-refractivity contribution in [3.63, 3.8) is 0 Å². The maximum absolute atomic E-state index is 11.0. The molecule has 2 aromatic rings. The zero-order valence-corrected chi connectivity index (χ0v) is 12.4. The zero-order chi connectivity index (χ0) is 15.4. The third-order valence-corrected chi connectivity index (χ3v) is 3.51. The summed E-state index contributed by atoms with van der Waals surface area (Å²) in [6.07, 6.45) is 4.01. The van der Waals surface area contributed by atoms with Crippen LogP contribution in [0, 0.1) is 10.1 Å². The van der Waals surface area contributed by atoms with E-state index in [0.717, 1.165) is 5.56 Å². The van der Waals surface area contributed by atoms with Crippen LogP contribution < -0.4 is 10.1 Å². The van der Waals surface area contributed by atoms with Crippen LogP contribution in [-0.4, -0.2) is 23.6 Å². The Morgan fingerprint density at radius 2 is 2.19 bits per heavy atom. The van der Waals surface area contributed by atoms with Crippen molar-refractivity contribution in [2.75, 3.05) is 14.2 Å². The quantitative estimate of drug-likeness (QED) is 0.655. The van der Waals surface area contributed by atoms with Gasteiger partial charge in [0.15, 0.2) is 5.75 Å². The Morgan fingerprint density at radius 3 is 2.81 bits per heavy atom. The molecule has 0 saturated heterocycles. The summed E-state index contributed by atoms with van der Waals surface area (Å²) in [5.74, 6) is 0.278. The highest BCUT2D eigenvalue weighted by Crippen LogP contribution is 2.28. The largest absolute Gasteiger partial charge is 0.490 e. The van der Waals surface area contributed by atoms with Crippen molar-refractivity contribution in [2.45, 2.75) is 19.5 Å². The Bertz CT molecular complexity index is 637. The normalized spacial score (nSPS) is 12.1. The number of hydrogen-bond donors (Lipinski definition) is 1. The number of hydrogen-bond acceptors (Lipinski definition) is 4. The highest BCUT2D eigenvalue weighted by Gasteiger charge is 2.15. The third-order valence-electron chi connectivity index (χ3n) is 3.51. The van der Waals surface area contributed by atoms with Crippen LogP contribution in [0.2, 0.25) is 0 Å². The van der Waals surface area contributed by atoms with Gasteiger partial charge in [-0.1, -0.05) is 6.07 Å². The minimum absolute atomic E-state index is 0.00836. The lowest BCUT2D eigenvalue weighted by Gasteiger charge is -2.08. The first kappa shape index (κ1) is 15.1. The molecular weight excluding hydrogens is 270 g/mol. The summed E-state index contributed by atoms with van der Waals surface area (Å²) in [5.41, 5.74) is 2.04. The predicted octanol–water partition coefficient (Wildman–Crippen LogP) is 2.73. The molecule has 0 fully saturated rings. The molecule has 0 aliphatic carbocycles. The van der Waals surface area contributed by atoms with Gasteiger partial charge < -0.3 is 14.6 Å². The Morgan fingerprint density at radius 1 is 1.43 bits per heavy atom. The summed E-state index contributed by atoms with van der Waals surface area (Å²) in [6, 6.07) is 7.34. The number of rotatable bonds is 6. The molecule has 0 aliphatic heterocycles. The summed E-state index contributed by atoms with van der Waals surface area (Å²) >= 11 is 0. The molecule has 1 atom stereocenters. The van der Waals surface area contributed by atoms with E-state index >= 15 is 0 Å². The topological polar surface area (TPSA) is 69.3 Å². The summed E-state index contributed by atoms with van der Waals surface area (Å²) < 4.78 is 7.01. The number of aromatic nitrogens is 1. The average molecular weight is 289 g/mol. The molecule has 1 aromatic carbocycles. The molecule has 0 amide bonds. The molecule has 0 bridgehead atoms. The van der Waals surface area contributed by atoms with Gasteiger partial charge in [0.1, 0.15) is 0 Å². The van der Waals surface area contributed by atoms with E-state index in [4.69, 9.17) is 4.74 Å². The van der Waals surface area contributed by atoms with Gasteiger partial charge >= 0.3 is 5.69 Å². The van der Waals surface area contributed by atoms with E-state index < -0.39 is 4.92 Å². The molecule has 0 spiro atoms. The molecule has 6 heteroatoms. The van der Waals surface area contributed by atoms with Crippen LogP contribution >= 0.6 is 0 Å². The van der Waals surface area contributed by atoms with E-state index in [1.165, 1.54) is 12.7 Å². The highest BCUT2D eigenvalue weighted by molar-refractivity contribution is 5.48. The first-order valence-corrected chi connectivity index (χ1v) is 6.69. The van der Waals surface area contributed by atoms with Gasteiger partial charge in [-0.2, -0.15) is 0 Å². The lowest BCUT2D eigenvalue weighted by molar-refractivity contribution is -0.385. The van der Waals surface area contributed by atoms with Crippen molar-refractivity contribution in [3.8, 4) is 5.75 Å². The lowest BCUT2D eigenvalue weighted by Crippen LogP contribution is -2.11. The SMILES string of the molecule is CNC(C)c1ccn(Cc2ccc(OC)c([N+](=O)[O-])c2)c1. The first-order chi connectivity index (χ1) is 10.0. The van der Waals surface area contributed by atoms with E-state index in [-0.39, 0.29) is 17.5 Å². The first-order valence-electron chi connectivity index (χ1n) is 6.69. The standard InChI is InChI=1S/C15H19N3O3/c1-11(16-2)13-6-7-17(10-13)9-12-4-5-15(21-3)14(8-12)18(19)20/h4-8,10-11,16H,9H2,1-3H3. The number of benzene rings is 1. The summed E-state index contributed by atoms with van der Waals surface area (Å²) in [7, 11) is 3.34. The summed E-state index contributed by atoms with van der Waals surface area (Å²) in [5, 5.41) is 14.2. The van der Waals surface area contributed by atoms with Crippen molar-refractivity contribution >= 4 is 5.69 Å². The third kappa shape index (κ3) is 3.41. The molecule has 21 heavy (non-hydrogen) atoms. The van der Waals surface area contributed by atoms with Crippen LogP contribution in [0.5, 0.6) is 5.75 Å². The lowest BCUT2D eigenvalue weighted by atomic mass is 10.2. The number of nitro benzene ring substituents is 1. The van der Waals surface area contributed by atoms with E-state index in [0.29, 0.717) is 6.54 Å². The molecule has 0 saturated carbocycles. The second kappa shape index (κ2) is 6.41. The van der Waals surface area contributed by atoms with Crippen molar-refractivity contribution in [1.82, 2.24) is 9.88 Å². The molecule has 1 unspecified atom stereocenters. The summed E-state index contributed by atoms with van der Waals surface area (Å²) in [6.45, 7) is 2.67. The van der Waals surface area contributed by atoms with Crippen LogP contribution in [0.1, 0.15) is 24.1 Å². The molecule has 0 radical (unpaired) electrons. The molecule has 1 heterocycles. The highest BCUT2D eigenvalue weighted by atomic mass is 16.6. The second-order valence-corrected chi connectivity index (χ2v) is 4.89. The maximum atomic E-state index is 11.0. The average Bonchev–Trinajstić information content (AvgIpc) is 2.94. The molecule has 6 nitrogen and oxygen atoms in total. The molecule has 0 aliphatic rings. The van der Waals surface area contributed by atoms with Gasteiger partial charge in [-0.3, -0.25) is 10.1 Å². The number of nitrogens with zero attached hydrogens (tertiary/aromatic N) is 2. The van der Waals surface area contributed by atoms with Crippen LogP contribution in [-0.2, 0) is 6.54 Å². The van der Waals surface area contributed by atoms with Crippen molar-refractivity contribution < 1.29 is 9.66 Å². The van der Waals surface area contributed by atoms with Gasteiger partial charge in [-0.15, -0.1) is 0 Å². The fourth-order valence-corrected chi connectivity index (χ4v) is 2.17. The Hall–Kier alpha value is -2.34. The van der Waals surface area contributed by atoms with Gasteiger partial charge in [0.05, 0.1) is 12.0 Å². The molecular formula is C15H19N3O3. The molecule has 2 rings (SSSR count). The fraction of sp³-hybridized carbons (Fsp3) is 0.333. The maximum Gasteiger partial charge on any atom is 0.311 e. The van der Waals surface area contributed by atoms with E-state index in [9.17, 15) is 10.1 Å².